The minimum Gasteiger partial charge on any atom is -0.504 e. The highest BCUT2D eigenvalue weighted by Crippen LogP contribution is 2.34. The van der Waals surface area contributed by atoms with Gasteiger partial charge >= 0.3 is 6.16 Å². The molecule has 0 amide bonds. The number of hydrogen-bond donors (Lipinski definition) is 2. The van der Waals surface area contributed by atoms with Gasteiger partial charge in [0.2, 0.25) is 0 Å². The van der Waals surface area contributed by atoms with Crippen molar-refractivity contribution in [1.29, 1.82) is 0 Å². The number of phenolic OH excluding ortho intramolecular Hbond substituents is 1. The van der Waals surface area contributed by atoms with Crippen molar-refractivity contribution in [3.8, 4) is 11.5 Å². The fraction of sp³-hybridized carbons (Fsp3) is 0.533. The number of benzene rings is 1. The summed E-state index contributed by atoms with van der Waals surface area (Å²) in [4.78, 5) is 10.7. The molecule has 0 aliphatic heterocycles. The van der Waals surface area contributed by atoms with Gasteiger partial charge in [0.15, 0.2) is 11.5 Å². The number of aromatic hydroxyl groups is 1. The topological polar surface area (TPSA) is 66.8 Å². The van der Waals surface area contributed by atoms with Crippen LogP contribution >= 0.6 is 0 Å². The largest absolute Gasteiger partial charge is 0.511 e. The molecule has 0 aliphatic rings. The van der Waals surface area contributed by atoms with Crippen LogP contribution in [0.25, 0.3) is 0 Å². The third-order valence-corrected chi connectivity index (χ3v) is 10.0. The van der Waals surface area contributed by atoms with Crippen LogP contribution in [0.3, 0.4) is 0 Å². The zero-order chi connectivity index (χ0) is 15.3. The molecule has 1 rings (SSSR count). The Morgan fingerprint density at radius 3 is 2.20 bits per heavy atom. The molecule has 0 unspecified atom stereocenters. The molecular weight excluding hydrogens is 272 g/mol. The molecule has 4 nitrogen and oxygen atoms in total. The molecular formula is C15H24O4Si. The molecule has 20 heavy (non-hydrogen) atoms. The predicted molar refractivity (Wildman–Crippen MR) is 82.4 cm³/mol. The molecule has 2 N–H and O–H groups in total. The Hall–Kier alpha value is -1.49. The summed E-state index contributed by atoms with van der Waals surface area (Å²) in [6.07, 6.45) is -1.40. The lowest BCUT2D eigenvalue weighted by atomic mass is 10.1. The molecule has 0 fully saturated rings. The van der Waals surface area contributed by atoms with Crippen molar-refractivity contribution in [3.63, 3.8) is 0 Å². The second-order valence-electron chi connectivity index (χ2n) is 5.36. The highest BCUT2D eigenvalue weighted by atomic mass is 28.3. The Bertz CT molecular complexity index is 473. The first kappa shape index (κ1) is 16.6. The Balaban J connectivity index is 3.13. The van der Waals surface area contributed by atoms with Gasteiger partial charge in [-0.25, -0.2) is 4.79 Å². The number of ether oxygens (including phenoxy) is 1. The molecule has 0 heterocycles. The van der Waals surface area contributed by atoms with Gasteiger partial charge in [0.1, 0.15) is 0 Å². The van der Waals surface area contributed by atoms with Crippen molar-refractivity contribution in [2.75, 3.05) is 0 Å². The van der Waals surface area contributed by atoms with Gasteiger partial charge in [-0.15, -0.1) is 0 Å². The van der Waals surface area contributed by atoms with Gasteiger partial charge in [-0.2, -0.15) is 0 Å². The smallest absolute Gasteiger partial charge is 0.504 e. The maximum atomic E-state index is 10.7. The van der Waals surface area contributed by atoms with E-state index in [1.807, 2.05) is 6.07 Å². The number of rotatable bonds is 6. The number of phenols is 1. The van der Waals surface area contributed by atoms with Crippen molar-refractivity contribution in [1.82, 2.24) is 0 Å². The summed E-state index contributed by atoms with van der Waals surface area (Å²) in [6.45, 7) is 8.48. The van der Waals surface area contributed by atoms with Gasteiger partial charge in [0.25, 0.3) is 0 Å². The van der Waals surface area contributed by atoms with Gasteiger partial charge in [-0.05, 0) is 30.2 Å². The zero-order valence-electron chi connectivity index (χ0n) is 12.7. The quantitative estimate of drug-likeness (QED) is 0.465. The Morgan fingerprint density at radius 2 is 1.75 bits per heavy atom. The molecule has 1 aromatic rings. The molecule has 5 heteroatoms. The number of aryl methyl sites for hydroxylation is 1. The van der Waals surface area contributed by atoms with E-state index in [1.165, 1.54) is 18.1 Å². The fourth-order valence-corrected chi connectivity index (χ4v) is 5.97. The average molecular weight is 296 g/mol. The van der Waals surface area contributed by atoms with Crippen molar-refractivity contribution in [2.45, 2.75) is 51.9 Å². The predicted octanol–water partition coefficient (Wildman–Crippen LogP) is 4.35. The fourth-order valence-electron chi connectivity index (χ4n) is 2.65. The number of carbonyl (C=O) groups is 1. The van der Waals surface area contributed by atoms with Gasteiger partial charge in [-0.1, -0.05) is 45.0 Å². The molecule has 0 saturated carbocycles. The summed E-state index contributed by atoms with van der Waals surface area (Å²) in [5, 5.41) is 18.6. The molecule has 0 aliphatic carbocycles. The van der Waals surface area contributed by atoms with E-state index >= 15 is 0 Å². The summed E-state index contributed by atoms with van der Waals surface area (Å²) in [5.41, 5.74) is 1.72. The Labute approximate surface area is 121 Å². The van der Waals surface area contributed by atoms with E-state index in [-0.39, 0.29) is 11.5 Å². The van der Waals surface area contributed by atoms with Crippen molar-refractivity contribution in [2.24, 2.45) is 0 Å². The van der Waals surface area contributed by atoms with Crippen molar-refractivity contribution >= 4 is 14.2 Å². The minimum atomic E-state index is -1.40. The molecule has 0 atom stereocenters. The maximum absolute atomic E-state index is 10.7. The molecule has 0 aromatic heterocycles. The van der Waals surface area contributed by atoms with E-state index < -0.39 is 14.2 Å². The number of carboxylic acid groups (broad SMARTS) is 1. The Kier molecular flexibility index (Phi) is 5.62. The van der Waals surface area contributed by atoms with Gasteiger partial charge in [0.05, 0.1) is 8.07 Å². The third-order valence-electron chi connectivity index (χ3n) is 4.35. The van der Waals surface area contributed by atoms with E-state index in [1.54, 1.807) is 13.0 Å². The molecule has 0 radical (unpaired) electrons. The van der Waals surface area contributed by atoms with Gasteiger partial charge in [0, 0.05) is 0 Å². The molecule has 0 bridgehead atoms. The lowest BCUT2D eigenvalue weighted by Crippen LogP contribution is -2.34. The normalized spacial score (nSPS) is 11.4. The zero-order valence-corrected chi connectivity index (χ0v) is 13.7. The molecule has 1 aromatic carbocycles. The van der Waals surface area contributed by atoms with Crippen LogP contribution in [0.15, 0.2) is 12.1 Å². The summed E-state index contributed by atoms with van der Waals surface area (Å²) in [7, 11) is -1.35. The van der Waals surface area contributed by atoms with E-state index in [4.69, 9.17) is 5.11 Å². The molecule has 0 spiro atoms. The first-order chi connectivity index (χ1) is 9.37. The second-order valence-corrected chi connectivity index (χ2v) is 10.8. The van der Waals surface area contributed by atoms with Crippen LogP contribution < -0.4 is 4.74 Å². The SMILES string of the molecule is CC[Si](CC)(CC)Cc1cc(C)c(O)c(OC(=O)O)c1. The van der Waals surface area contributed by atoms with E-state index in [9.17, 15) is 9.90 Å². The first-order valence-corrected chi connectivity index (χ1v) is 9.93. The molecule has 0 saturated heterocycles. The molecule has 112 valence electrons. The van der Waals surface area contributed by atoms with Crippen LogP contribution in [0.2, 0.25) is 18.1 Å². The van der Waals surface area contributed by atoms with Crippen LogP contribution in [-0.2, 0) is 6.04 Å². The van der Waals surface area contributed by atoms with Crippen LogP contribution in [0, 0.1) is 6.92 Å². The van der Waals surface area contributed by atoms with E-state index in [0.29, 0.717) is 5.56 Å². The number of hydrogen-bond acceptors (Lipinski definition) is 3. The lowest BCUT2D eigenvalue weighted by Gasteiger charge is -2.28. The standard InChI is InChI=1S/C15H24O4Si/c1-5-20(6-2,7-3)10-12-8-11(4)14(16)13(9-12)19-15(17)18/h8-9,16H,5-7,10H2,1-4H3,(H,17,18). The van der Waals surface area contributed by atoms with Gasteiger partial charge < -0.3 is 14.9 Å². The summed E-state index contributed by atoms with van der Waals surface area (Å²) in [6, 6.07) is 8.21. The first-order valence-electron chi connectivity index (χ1n) is 7.10. The van der Waals surface area contributed by atoms with Crippen LogP contribution in [-0.4, -0.2) is 24.4 Å². The maximum Gasteiger partial charge on any atom is 0.511 e. The van der Waals surface area contributed by atoms with Crippen LogP contribution in [0.1, 0.15) is 31.9 Å². The second kappa shape index (κ2) is 6.79. The average Bonchev–Trinajstić information content (AvgIpc) is 2.41. The van der Waals surface area contributed by atoms with Gasteiger partial charge in [-0.3, -0.25) is 0 Å². The summed E-state index contributed by atoms with van der Waals surface area (Å²) < 4.78 is 4.66. The minimum absolute atomic E-state index is 0.0405. The Morgan fingerprint density at radius 1 is 1.20 bits per heavy atom. The van der Waals surface area contributed by atoms with Crippen LogP contribution in [0.4, 0.5) is 4.79 Å². The van der Waals surface area contributed by atoms with E-state index in [2.05, 4.69) is 25.5 Å². The van der Waals surface area contributed by atoms with E-state index in [0.717, 1.165) is 11.6 Å². The lowest BCUT2D eigenvalue weighted by molar-refractivity contribution is 0.143. The van der Waals surface area contributed by atoms with Crippen molar-refractivity contribution in [3.05, 3.63) is 23.3 Å². The highest BCUT2D eigenvalue weighted by molar-refractivity contribution is 6.79. The summed E-state index contributed by atoms with van der Waals surface area (Å²) in [5.74, 6) is -0.0494. The highest BCUT2D eigenvalue weighted by Gasteiger charge is 2.27. The third kappa shape index (κ3) is 3.76. The summed E-state index contributed by atoms with van der Waals surface area (Å²) >= 11 is 0. The van der Waals surface area contributed by atoms with Crippen LogP contribution in [0.5, 0.6) is 11.5 Å². The monoisotopic (exact) mass is 296 g/mol. The van der Waals surface area contributed by atoms with Crippen molar-refractivity contribution < 1.29 is 19.7 Å².